The van der Waals surface area contributed by atoms with Crippen LogP contribution >= 0.6 is 9.39 Å². The monoisotopic (exact) mass is 141 g/mol. The maximum absolute atomic E-state index is 10.3. The van der Waals surface area contributed by atoms with Crippen LogP contribution in [0.4, 0.5) is 0 Å². The van der Waals surface area contributed by atoms with Gasteiger partial charge in [-0.25, -0.2) is 0 Å². The largest absolute Gasteiger partial charge is 0.313 e. The maximum Gasteiger partial charge on any atom is 0.167 e. The zero-order valence-electron chi connectivity index (χ0n) is 5.21. The van der Waals surface area contributed by atoms with Gasteiger partial charge in [0.1, 0.15) is 0 Å². The number of hydrogen-bond donors (Lipinski definition) is 0. The molecule has 1 unspecified atom stereocenters. The van der Waals surface area contributed by atoms with Crippen LogP contribution in [0.15, 0.2) is 0 Å². The highest BCUT2D eigenvalue weighted by molar-refractivity contribution is 7.13. The third-order valence-corrected chi connectivity index (χ3v) is 1.90. The van der Waals surface area contributed by atoms with Crippen LogP contribution in [0.3, 0.4) is 0 Å². The van der Waals surface area contributed by atoms with E-state index in [-0.39, 0.29) is 5.68 Å². The van der Waals surface area contributed by atoms with E-state index >= 15 is 0 Å². The SMILES string of the molecule is [B]C(=O)CC1CN(P)C1. The first kappa shape index (κ1) is 7.23. The molecular weight excluding hydrogens is 132 g/mol. The Bertz CT molecular complexity index is 124. The Labute approximate surface area is 58.7 Å². The molecule has 4 heteroatoms. The summed E-state index contributed by atoms with van der Waals surface area (Å²) in [5, 5.41) is 0. The van der Waals surface area contributed by atoms with Crippen molar-refractivity contribution in [1.82, 2.24) is 4.67 Å². The van der Waals surface area contributed by atoms with Crippen molar-refractivity contribution in [2.24, 2.45) is 5.92 Å². The van der Waals surface area contributed by atoms with Crippen LogP contribution in [0.1, 0.15) is 6.42 Å². The van der Waals surface area contributed by atoms with Gasteiger partial charge in [0.2, 0.25) is 0 Å². The van der Waals surface area contributed by atoms with E-state index in [1.807, 2.05) is 0 Å². The molecule has 1 atom stereocenters. The van der Waals surface area contributed by atoms with Crippen LogP contribution in [-0.2, 0) is 4.79 Å². The third-order valence-electron chi connectivity index (χ3n) is 1.48. The van der Waals surface area contributed by atoms with Crippen molar-refractivity contribution in [2.45, 2.75) is 6.42 Å². The van der Waals surface area contributed by atoms with Gasteiger partial charge in [0.25, 0.3) is 0 Å². The molecule has 0 aliphatic carbocycles. The van der Waals surface area contributed by atoms with Crippen molar-refractivity contribution < 1.29 is 4.79 Å². The van der Waals surface area contributed by atoms with Gasteiger partial charge in [0, 0.05) is 19.5 Å². The van der Waals surface area contributed by atoms with Gasteiger partial charge in [-0.05, 0) is 5.92 Å². The molecular formula is C5H9BNOP. The summed E-state index contributed by atoms with van der Waals surface area (Å²) >= 11 is 0. The number of rotatable bonds is 2. The minimum atomic E-state index is -0.182. The van der Waals surface area contributed by atoms with Gasteiger partial charge in [0.15, 0.2) is 7.85 Å². The number of hydrogen-bond acceptors (Lipinski definition) is 2. The van der Waals surface area contributed by atoms with Crippen molar-refractivity contribution in [3.05, 3.63) is 0 Å². The second kappa shape index (κ2) is 2.81. The summed E-state index contributed by atoms with van der Waals surface area (Å²) in [4.78, 5) is 10.3. The molecule has 1 aliphatic rings. The molecule has 9 heavy (non-hydrogen) atoms. The smallest absolute Gasteiger partial charge is 0.167 e. The summed E-state index contributed by atoms with van der Waals surface area (Å²) in [6.45, 7) is 1.99. The summed E-state index contributed by atoms with van der Waals surface area (Å²) in [5.74, 6) is 0.514. The van der Waals surface area contributed by atoms with Crippen molar-refractivity contribution in [3.63, 3.8) is 0 Å². The van der Waals surface area contributed by atoms with Gasteiger partial charge < -0.3 is 4.79 Å². The lowest BCUT2D eigenvalue weighted by Gasteiger charge is -2.35. The molecule has 0 aromatic heterocycles. The highest BCUT2D eigenvalue weighted by Crippen LogP contribution is 2.21. The fourth-order valence-electron chi connectivity index (χ4n) is 1.02. The summed E-state index contributed by atoms with van der Waals surface area (Å²) < 4.78 is 2.09. The fraction of sp³-hybridized carbons (Fsp3) is 0.800. The average Bonchev–Trinajstić information content (AvgIpc) is 1.60. The van der Waals surface area contributed by atoms with Crippen LogP contribution < -0.4 is 0 Å². The first-order valence-electron chi connectivity index (χ1n) is 2.96. The van der Waals surface area contributed by atoms with E-state index in [0.717, 1.165) is 13.1 Å². The Morgan fingerprint density at radius 2 is 2.33 bits per heavy atom. The van der Waals surface area contributed by atoms with Crippen LogP contribution in [-0.4, -0.2) is 31.3 Å². The summed E-state index contributed by atoms with van der Waals surface area (Å²) in [5.41, 5.74) is -0.182. The van der Waals surface area contributed by atoms with E-state index in [0.29, 0.717) is 12.3 Å². The van der Waals surface area contributed by atoms with Crippen molar-refractivity contribution >= 4 is 22.9 Å². The van der Waals surface area contributed by atoms with Gasteiger partial charge in [-0.15, -0.1) is 0 Å². The van der Waals surface area contributed by atoms with E-state index in [1.165, 1.54) is 0 Å². The Morgan fingerprint density at radius 3 is 2.67 bits per heavy atom. The van der Waals surface area contributed by atoms with Crippen LogP contribution in [0.2, 0.25) is 0 Å². The highest BCUT2D eigenvalue weighted by atomic mass is 31.0. The van der Waals surface area contributed by atoms with Gasteiger partial charge >= 0.3 is 0 Å². The molecule has 0 aromatic rings. The lowest BCUT2D eigenvalue weighted by atomic mass is 9.88. The Hall–Kier alpha value is 0.125. The van der Waals surface area contributed by atoms with E-state index < -0.39 is 0 Å². The standard InChI is InChI=1S/C5H9BNOP/c6-5(8)1-4-2-7(9)3-4/h4H,1-3,9H2. The van der Waals surface area contributed by atoms with Crippen molar-refractivity contribution in [3.8, 4) is 0 Å². The Kier molecular flexibility index (Phi) is 2.26. The number of carbonyl (C=O) groups excluding carboxylic acids is 1. The first-order valence-corrected chi connectivity index (χ1v) is 3.48. The number of nitrogens with zero attached hydrogens (tertiary/aromatic N) is 1. The Morgan fingerprint density at radius 1 is 1.78 bits per heavy atom. The molecule has 1 fully saturated rings. The van der Waals surface area contributed by atoms with E-state index in [1.54, 1.807) is 0 Å². The lowest BCUT2D eigenvalue weighted by Crippen LogP contribution is -2.40. The molecule has 0 amide bonds. The predicted molar refractivity (Wildman–Crippen MR) is 40.2 cm³/mol. The topological polar surface area (TPSA) is 20.3 Å². The van der Waals surface area contributed by atoms with E-state index in [4.69, 9.17) is 7.85 Å². The minimum Gasteiger partial charge on any atom is -0.313 e. The van der Waals surface area contributed by atoms with Crippen LogP contribution in [0, 0.1) is 5.92 Å². The molecule has 2 nitrogen and oxygen atoms in total. The molecule has 2 radical (unpaired) electrons. The summed E-state index contributed by atoms with van der Waals surface area (Å²) in [6, 6.07) is 0. The van der Waals surface area contributed by atoms with Crippen molar-refractivity contribution in [1.29, 1.82) is 0 Å². The zero-order valence-corrected chi connectivity index (χ0v) is 6.36. The van der Waals surface area contributed by atoms with Gasteiger partial charge in [-0.3, -0.25) is 4.67 Å². The molecule has 48 valence electrons. The average molecular weight is 141 g/mol. The van der Waals surface area contributed by atoms with Gasteiger partial charge in [-0.2, -0.15) is 0 Å². The third kappa shape index (κ3) is 2.07. The Balaban J connectivity index is 2.11. The fourth-order valence-corrected chi connectivity index (χ4v) is 1.62. The molecule has 1 saturated heterocycles. The molecule has 1 rings (SSSR count). The minimum absolute atomic E-state index is 0.182. The lowest BCUT2D eigenvalue weighted by molar-refractivity contribution is -0.113. The summed E-state index contributed by atoms with van der Waals surface area (Å²) in [7, 11) is 7.57. The second-order valence-corrected chi connectivity index (χ2v) is 3.22. The van der Waals surface area contributed by atoms with E-state index in [2.05, 4.69) is 14.1 Å². The molecule has 1 heterocycles. The molecule has 0 bridgehead atoms. The molecule has 0 saturated carbocycles. The van der Waals surface area contributed by atoms with Crippen LogP contribution in [0.5, 0.6) is 0 Å². The van der Waals surface area contributed by atoms with Gasteiger partial charge in [-0.1, -0.05) is 9.39 Å². The predicted octanol–water partition coefficient (Wildman–Crippen LogP) is -0.207. The molecule has 0 spiro atoms. The summed E-state index contributed by atoms with van der Waals surface area (Å²) in [6.07, 6.45) is 0.547. The normalized spacial score (nSPS) is 21.4. The molecule has 1 aliphatic heterocycles. The quantitative estimate of drug-likeness (QED) is 0.391. The zero-order chi connectivity index (χ0) is 6.85. The first-order chi connectivity index (χ1) is 4.18. The number of carbonyl (C=O) groups is 1. The molecule has 0 N–H and O–H groups in total. The van der Waals surface area contributed by atoms with Crippen LogP contribution in [0.25, 0.3) is 0 Å². The highest BCUT2D eigenvalue weighted by Gasteiger charge is 2.23. The van der Waals surface area contributed by atoms with Crippen molar-refractivity contribution in [2.75, 3.05) is 13.1 Å². The van der Waals surface area contributed by atoms with E-state index in [9.17, 15) is 4.79 Å². The molecule has 0 aromatic carbocycles. The van der Waals surface area contributed by atoms with Gasteiger partial charge in [0.05, 0.1) is 5.68 Å². The maximum atomic E-state index is 10.3. The second-order valence-electron chi connectivity index (χ2n) is 2.49.